The summed E-state index contributed by atoms with van der Waals surface area (Å²) in [7, 11) is 1.71. The van der Waals surface area contributed by atoms with Crippen molar-refractivity contribution in [2.45, 2.75) is 26.2 Å². The molecule has 1 amide bonds. The maximum Gasteiger partial charge on any atom is 0.253 e. The van der Waals surface area contributed by atoms with Crippen LogP contribution in [0.5, 0.6) is 0 Å². The fourth-order valence-corrected chi connectivity index (χ4v) is 1.69. The second kappa shape index (κ2) is 7.11. The van der Waals surface area contributed by atoms with E-state index in [9.17, 15) is 9.18 Å². The minimum Gasteiger partial charge on any atom is -0.396 e. The normalized spacial score (nSPS) is 10.4. The number of hydrogen-bond acceptors (Lipinski definition) is 2. The zero-order chi connectivity index (χ0) is 13.5. The van der Waals surface area contributed by atoms with E-state index in [0.717, 1.165) is 19.3 Å². The van der Waals surface area contributed by atoms with Crippen LogP contribution in [0.15, 0.2) is 18.2 Å². The summed E-state index contributed by atoms with van der Waals surface area (Å²) >= 11 is 0. The van der Waals surface area contributed by atoms with Gasteiger partial charge in [-0.3, -0.25) is 4.79 Å². The monoisotopic (exact) mass is 253 g/mol. The number of halogens is 1. The molecule has 0 atom stereocenters. The van der Waals surface area contributed by atoms with Crippen LogP contribution >= 0.6 is 0 Å². The highest BCUT2D eigenvalue weighted by Gasteiger charge is 2.12. The molecule has 100 valence electrons. The van der Waals surface area contributed by atoms with Crippen molar-refractivity contribution in [2.75, 3.05) is 20.2 Å². The predicted molar refractivity (Wildman–Crippen MR) is 69.0 cm³/mol. The van der Waals surface area contributed by atoms with E-state index in [2.05, 4.69) is 0 Å². The molecule has 0 saturated carbocycles. The first-order valence-corrected chi connectivity index (χ1v) is 6.18. The SMILES string of the molecule is Cc1ccc(C(=O)N(C)CCCCCO)cc1F. The van der Waals surface area contributed by atoms with Crippen LogP contribution in [0.2, 0.25) is 0 Å². The lowest BCUT2D eigenvalue weighted by Gasteiger charge is -2.17. The molecule has 1 rings (SSSR count). The van der Waals surface area contributed by atoms with Crippen molar-refractivity contribution >= 4 is 5.91 Å². The second-order valence-electron chi connectivity index (χ2n) is 4.47. The molecule has 1 aromatic rings. The summed E-state index contributed by atoms with van der Waals surface area (Å²) in [5, 5.41) is 8.65. The number of hydrogen-bond donors (Lipinski definition) is 1. The number of carbonyl (C=O) groups excluding carboxylic acids is 1. The van der Waals surface area contributed by atoms with E-state index in [4.69, 9.17) is 5.11 Å². The number of benzene rings is 1. The Bertz CT molecular complexity index is 407. The lowest BCUT2D eigenvalue weighted by molar-refractivity contribution is 0.0791. The second-order valence-corrected chi connectivity index (χ2v) is 4.47. The molecule has 1 N–H and O–H groups in total. The van der Waals surface area contributed by atoms with Gasteiger partial charge in [0, 0.05) is 25.8 Å². The molecule has 0 heterocycles. The molecule has 0 bridgehead atoms. The molecule has 0 aromatic heterocycles. The lowest BCUT2D eigenvalue weighted by atomic mass is 10.1. The molecular formula is C14H20FNO2. The van der Waals surface area contributed by atoms with Gasteiger partial charge >= 0.3 is 0 Å². The molecule has 0 fully saturated rings. The summed E-state index contributed by atoms with van der Waals surface area (Å²) in [5.74, 6) is -0.521. The van der Waals surface area contributed by atoms with Gasteiger partial charge in [-0.25, -0.2) is 4.39 Å². The Hall–Kier alpha value is -1.42. The Morgan fingerprint density at radius 3 is 2.67 bits per heavy atom. The van der Waals surface area contributed by atoms with Crippen molar-refractivity contribution < 1.29 is 14.3 Å². The van der Waals surface area contributed by atoms with E-state index in [1.54, 1.807) is 31.0 Å². The first-order chi connectivity index (χ1) is 8.56. The zero-order valence-corrected chi connectivity index (χ0v) is 10.9. The standard InChI is InChI=1S/C14H20FNO2/c1-11-6-7-12(10-13(11)15)14(18)16(2)8-4-3-5-9-17/h6-7,10,17H,3-5,8-9H2,1-2H3. The van der Waals surface area contributed by atoms with E-state index >= 15 is 0 Å². The fraction of sp³-hybridized carbons (Fsp3) is 0.500. The Morgan fingerprint density at radius 1 is 1.33 bits per heavy atom. The smallest absolute Gasteiger partial charge is 0.253 e. The third-order valence-corrected chi connectivity index (χ3v) is 2.92. The van der Waals surface area contributed by atoms with Crippen molar-refractivity contribution in [1.29, 1.82) is 0 Å². The van der Waals surface area contributed by atoms with Crippen LogP contribution in [-0.2, 0) is 0 Å². The highest BCUT2D eigenvalue weighted by atomic mass is 19.1. The maximum absolute atomic E-state index is 13.4. The third kappa shape index (κ3) is 4.11. The number of aliphatic hydroxyl groups is 1. The Balaban J connectivity index is 2.54. The van der Waals surface area contributed by atoms with Gasteiger partial charge in [-0.15, -0.1) is 0 Å². The molecule has 0 aliphatic carbocycles. The summed E-state index contributed by atoms with van der Waals surface area (Å²) in [6.45, 7) is 2.47. The van der Waals surface area contributed by atoms with E-state index < -0.39 is 0 Å². The summed E-state index contributed by atoms with van der Waals surface area (Å²) in [5.41, 5.74) is 0.917. The summed E-state index contributed by atoms with van der Waals surface area (Å²) in [6, 6.07) is 4.54. The van der Waals surface area contributed by atoms with Gasteiger partial charge in [0.25, 0.3) is 5.91 Å². The third-order valence-electron chi connectivity index (χ3n) is 2.92. The van der Waals surface area contributed by atoms with Crippen LogP contribution in [0.4, 0.5) is 4.39 Å². The van der Waals surface area contributed by atoms with Crippen LogP contribution in [0.3, 0.4) is 0 Å². The molecule has 4 heteroatoms. The number of carbonyl (C=O) groups is 1. The maximum atomic E-state index is 13.4. The number of nitrogens with zero attached hydrogens (tertiary/aromatic N) is 1. The largest absolute Gasteiger partial charge is 0.396 e. The number of aryl methyl sites for hydroxylation is 1. The van der Waals surface area contributed by atoms with Gasteiger partial charge in [-0.1, -0.05) is 6.07 Å². The average Bonchev–Trinajstić information content (AvgIpc) is 2.37. The Morgan fingerprint density at radius 2 is 2.06 bits per heavy atom. The first kappa shape index (κ1) is 14.6. The highest BCUT2D eigenvalue weighted by Crippen LogP contribution is 2.11. The van der Waals surface area contributed by atoms with E-state index in [0.29, 0.717) is 17.7 Å². The van der Waals surface area contributed by atoms with Crippen molar-refractivity contribution in [1.82, 2.24) is 4.90 Å². The highest BCUT2D eigenvalue weighted by molar-refractivity contribution is 5.94. The van der Waals surface area contributed by atoms with Gasteiger partial charge in [0.05, 0.1) is 0 Å². The number of rotatable bonds is 6. The Labute approximate surface area is 107 Å². The Kier molecular flexibility index (Phi) is 5.78. The van der Waals surface area contributed by atoms with Crippen LogP contribution in [0.25, 0.3) is 0 Å². The van der Waals surface area contributed by atoms with E-state index in [1.165, 1.54) is 6.07 Å². The lowest BCUT2D eigenvalue weighted by Crippen LogP contribution is -2.27. The molecule has 0 aliphatic rings. The molecule has 0 unspecified atom stereocenters. The van der Waals surface area contributed by atoms with Gasteiger partial charge in [0.1, 0.15) is 5.82 Å². The van der Waals surface area contributed by atoms with Gasteiger partial charge in [-0.05, 0) is 43.9 Å². The molecular weight excluding hydrogens is 233 g/mol. The molecule has 18 heavy (non-hydrogen) atoms. The summed E-state index contributed by atoms with van der Waals surface area (Å²) in [4.78, 5) is 13.6. The van der Waals surface area contributed by atoms with Gasteiger partial charge in [0.15, 0.2) is 0 Å². The van der Waals surface area contributed by atoms with Crippen molar-refractivity contribution in [2.24, 2.45) is 0 Å². The molecule has 3 nitrogen and oxygen atoms in total. The van der Waals surface area contributed by atoms with Crippen molar-refractivity contribution in [3.63, 3.8) is 0 Å². The fourth-order valence-electron chi connectivity index (χ4n) is 1.69. The van der Waals surface area contributed by atoms with E-state index in [-0.39, 0.29) is 18.3 Å². The predicted octanol–water partition coefficient (Wildman–Crippen LogP) is 2.37. The molecule has 0 radical (unpaired) electrons. The molecule has 1 aromatic carbocycles. The number of aliphatic hydroxyl groups excluding tert-OH is 1. The topological polar surface area (TPSA) is 40.5 Å². The molecule has 0 aliphatic heterocycles. The quantitative estimate of drug-likeness (QED) is 0.791. The first-order valence-electron chi connectivity index (χ1n) is 6.18. The minimum absolute atomic E-state index is 0.169. The number of amides is 1. The van der Waals surface area contributed by atoms with Gasteiger partial charge in [0.2, 0.25) is 0 Å². The summed E-state index contributed by atoms with van der Waals surface area (Å²) in [6.07, 6.45) is 2.48. The van der Waals surface area contributed by atoms with Crippen LogP contribution in [-0.4, -0.2) is 36.1 Å². The van der Waals surface area contributed by atoms with Crippen molar-refractivity contribution in [3.05, 3.63) is 35.1 Å². The molecule has 0 spiro atoms. The van der Waals surface area contributed by atoms with Crippen LogP contribution in [0, 0.1) is 12.7 Å². The van der Waals surface area contributed by atoms with Crippen molar-refractivity contribution in [3.8, 4) is 0 Å². The minimum atomic E-state index is -0.352. The number of unbranched alkanes of at least 4 members (excludes halogenated alkanes) is 2. The van der Waals surface area contributed by atoms with Crippen LogP contribution in [0.1, 0.15) is 35.2 Å². The van der Waals surface area contributed by atoms with Gasteiger partial charge in [-0.2, -0.15) is 0 Å². The average molecular weight is 253 g/mol. The zero-order valence-electron chi connectivity index (χ0n) is 10.9. The van der Waals surface area contributed by atoms with E-state index in [1.807, 2.05) is 0 Å². The summed E-state index contributed by atoms with van der Waals surface area (Å²) < 4.78 is 13.4. The van der Waals surface area contributed by atoms with Crippen LogP contribution < -0.4 is 0 Å². The van der Waals surface area contributed by atoms with Gasteiger partial charge < -0.3 is 10.0 Å². The molecule has 0 saturated heterocycles.